The Bertz CT molecular complexity index is 1060. The maximum atomic E-state index is 12.1. The van der Waals surface area contributed by atoms with Gasteiger partial charge in [0.1, 0.15) is 5.56 Å². The summed E-state index contributed by atoms with van der Waals surface area (Å²) in [7, 11) is 0. The second kappa shape index (κ2) is 9.81. The molecule has 0 saturated heterocycles. The van der Waals surface area contributed by atoms with Crippen LogP contribution in [-0.4, -0.2) is 20.8 Å². The number of hydrogen-bond donors (Lipinski definition) is 2. The first-order chi connectivity index (χ1) is 13.7. The van der Waals surface area contributed by atoms with E-state index in [1.54, 1.807) is 37.5 Å². The van der Waals surface area contributed by atoms with E-state index in [0.717, 1.165) is 11.1 Å². The molecule has 1 aromatic carbocycles. The van der Waals surface area contributed by atoms with Crippen molar-refractivity contribution in [3.05, 3.63) is 85.9 Å². The Morgan fingerprint density at radius 2 is 1.66 bits per heavy atom. The first-order valence-corrected chi connectivity index (χ1v) is 8.99. The van der Waals surface area contributed by atoms with Crippen LogP contribution in [0.4, 0.5) is 17.1 Å². The number of aryl methyl sites for hydroxylation is 2. The Hall–Kier alpha value is -3.23. The van der Waals surface area contributed by atoms with Crippen LogP contribution >= 0.6 is 23.2 Å². The van der Waals surface area contributed by atoms with E-state index in [2.05, 4.69) is 15.3 Å². The molecule has 3 rings (SSSR count). The van der Waals surface area contributed by atoms with Crippen molar-refractivity contribution in [2.45, 2.75) is 13.8 Å². The molecule has 29 heavy (non-hydrogen) atoms. The van der Waals surface area contributed by atoms with E-state index in [0.29, 0.717) is 16.5 Å². The van der Waals surface area contributed by atoms with Gasteiger partial charge < -0.3 is 11.1 Å². The van der Waals surface area contributed by atoms with Gasteiger partial charge >= 0.3 is 0 Å². The summed E-state index contributed by atoms with van der Waals surface area (Å²) >= 11 is 11.4. The molecule has 2 heterocycles. The maximum Gasteiger partial charge on any atom is 0.282 e. The molecule has 3 N–H and O–H groups in total. The molecular weight excluding hydrogens is 417 g/mol. The van der Waals surface area contributed by atoms with Crippen molar-refractivity contribution in [1.82, 2.24) is 9.97 Å². The first kappa shape index (κ1) is 22.1. The molecule has 0 unspecified atom stereocenters. The molecular formula is C19H17Cl2N5O3. The van der Waals surface area contributed by atoms with Crippen LogP contribution in [0.25, 0.3) is 0 Å². The molecule has 0 bridgehead atoms. The van der Waals surface area contributed by atoms with E-state index in [-0.39, 0.29) is 16.4 Å². The van der Waals surface area contributed by atoms with Gasteiger partial charge in [0.2, 0.25) is 0 Å². The van der Waals surface area contributed by atoms with Gasteiger partial charge in [0.15, 0.2) is 10.3 Å². The number of nitrogens with zero attached hydrogens (tertiary/aromatic N) is 3. The zero-order chi connectivity index (χ0) is 21.6. The summed E-state index contributed by atoms with van der Waals surface area (Å²) in [5.74, 6) is -0.605. The molecule has 0 aliphatic carbocycles. The predicted octanol–water partition coefficient (Wildman–Crippen LogP) is 4.83. The minimum atomic E-state index is -0.606. The quantitative estimate of drug-likeness (QED) is 0.346. The monoisotopic (exact) mass is 433 g/mol. The van der Waals surface area contributed by atoms with Gasteiger partial charge in [-0.3, -0.25) is 14.9 Å². The number of halogens is 2. The Morgan fingerprint density at radius 1 is 1.07 bits per heavy atom. The normalized spacial score (nSPS) is 9.93. The molecule has 0 aliphatic rings. The molecule has 8 nitrogen and oxygen atoms in total. The number of rotatable bonds is 3. The molecule has 1 amide bonds. The van der Waals surface area contributed by atoms with Crippen LogP contribution in [-0.2, 0) is 0 Å². The highest BCUT2D eigenvalue weighted by molar-refractivity contribution is 6.32. The lowest BCUT2D eigenvalue weighted by Gasteiger charge is -2.07. The largest absolute Gasteiger partial charge is 0.396 e. The zero-order valence-corrected chi connectivity index (χ0v) is 17.0. The Labute approximate surface area is 176 Å². The molecule has 150 valence electrons. The number of anilines is 2. The second-order valence-corrected chi connectivity index (χ2v) is 6.69. The summed E-state index contributed by atoms with van der Waals surface area (Å²) in [6.07, 6.45) is 3.24. The third kappa shape index (κ3) is 6.13. The SMILES string of the molecule is Cc1cnc(Cl)c(N)c1.Cc1cnc(Cl)c(NC(=O)c2ccccc2[N+](=O)[O-])c1. The summed E-state index contributed by atoms with van der Waals surface area (Å²) in [6.45, 7) is 3.71. The number of carbonyl (C=O) groups is 1. The van der Waals surface area contributed by atoms with Gasteiger partial charge in [0, 0.05) is 18.5 Å². The van der Waals surface area contributed by atoms with Gasteiger partial charge in [0.05, 0.1) is 16.3 Å². The van der Waals surface area contributed by atoms with Crippen molar-refractivity contribution in [2.75, 3.05) is 11.1 Å². The van der Waals surface area contributed by atoms with Gasteiger partial charge in [-0.05, 0) is 43.2 Å². The number of carbonyl (C=O) groups excluding carboxylic acids is 1. The Balaban J connectivity index is 0.000000278. The van der Waals surface area contributed by atoms with Gasteiger partial charge in [-0.25, -0.2) is 9.97 Å². The lowest BCUT2D eigenvalue weighted by molar-refractivity contribution is -0.385. The van der Waals surface area contributed by atoms with Gasteiger partial charge in [-0.15, -0.1) is 0 Å². The second-order valence-electron chi connectivity index (χ2n) is 5.97. The molecule has 0 atom stereocenters. The minimum absolute atomic E-state index is 0.0323. The average molecular weight is 434 g/mol. The van der Waals surface area contributed by atoms with Crippen molar-refractivity contribution in [3.63, 3.8) is 0 Å². The number of nitrogen functional groups attached to an aromatic ring is 1. The van der Waals surface area contributed by atoms with Crippen molar-refractivity contribution in [2.24, 2.45) is 0 Å². The summed E-state index contributed by atoms with van der Waals surface area (Å²) < 4.78 is 0. The third-order valence-corrected chi connectivity index (χ3v) is 4.19. The number of hydrogen-bond acceptors (Lipinski definition) is 6. The van der Waals surface area contributed by atoms with Crippen molar-refractivity contribution >= 4 is 46.2 Å². The summed E-state index contributed by atoms with van der Waals surface area (Å²) in [5.41, 5.74) is 7.82. The molecule has 0 saturated carbocycles. The van der Waals surface area contributed by atoms with E-state index >= 15 is 0 Å². The molecule has 0 spiro atoms. The van der Waals surface area contributed by atoms with E-state index in [4.69, 9.17) is 28.9 Å². The number of nitro benzene ring substituents is 1. The number of aromatic nitrogens is 2. The van der Waals surface area contributed by atoms with E-state index in [1.807, 2.05) is 6.92 Å². The summed E-state index contributed by atoms with van der Waals surface area (Å²) in [5, 5.41) is 13.9. The Morgan fingerprint density at radius 3 is 2.24 bits per heavy atom. The number of pyridine rings is 2. The predicted molar refractivity (Wildman–Crippen MR) is 113 cm³/mol. The molecule has 10 heteroatoms. The zero-order valence-electron chi connectivity index (χ0n) is 15.5. The summed E-state index contributed by atoms with van der Waals surface area (Å²) in [4.78, 5) is 30.1. The fourth-order valence-corrected chi connectivity index (χ4v) is 2.48. The van der Waals surface area contributed by atoms with E-state index < -0.39 is 10.8 Å². The smallest absolute Gasteiger partial charge is 0.282 e. The van der Waals surface area contributed by atoms with Gasteiger partial charge in [0.25, 0.3) is 11.6 Å². The van der Waals surface area contributed by atoms with Crippen LogP contribution in [0.1, 0.15) is 21.5 Å². The van der Waals surface area contributed by atoms with Crippen LogP contribution in [0.2, 0.25) is 10.3 Å². The number of nitrogens with one attached hydrogen (secondary N) is 1. The number of amides is 1. The minimum Gasteiger partial charge on any atom is -0.396 e. The fourth-order valence-electron chi connectivity index (χ4n) is 2.23. The van der Waals surface area contributed by atoms with Crippen LogP contribution in [0.5, 0.6) is 0 Å². The molecule has 2 aromatic heterocycles. The number of benzene rings is 1. The maximum absolute atomic E-state index is 12.1. The van der Waals surface area contributed by atoms with Crippen LogP contribution in [0.3, 0.4) is 0 Å². The van der Waals surface area contributed by atoms with Crippen molar-refractivity contribution in [3.8, 4) is 0 Å². The highest BCUT2D eigenvalue weighted by Gasteiger charge is 2.20. The van der Waals surface area contributed by atoms with Gasteiger partial charge in [-0.1, -0.05) is 35.3 Å². The van der Waals surface area contributed by atoms with Crippen molar-refractivity contribution in [1.29, 1.82) is 0 Å². The lowest BCUT2D eigenvalue weighted by atomic mass is 10.1. The lowest BCUT2D eigenvalue weighted by Crippen LogP contribution is -2.14. The average Bonchev–Trinajstić information content (AvgIpc) is 2.68. The number of nitro groups is 1. The highest BCUT2D eigenvalue weighted by Crippen LogP contribution is 2.23. The first-order valence-electron chi connectivity index (χ1n) is 8.23. The topological polar surface area (TPSA) is 124 Å². The standard InChI is InChI=1S/C13H10ClN3O3.C6H7ClN2/c1-8-6-10(12(14)15-7-8)16-13(18)9-4-2-3-5-11(9)17(19)20;1-4-2-5(8)6(7)9-3-4/h2-7H,1H3,(H,16,18);2-3H,8H2,1H3. The third-order valence-electron chi connectivity index (χ3n) is 3.57. The molecule has 0 fully saturated rings. The molecule has 0 aliphatic heterocycles. The Kier molecular flexibility index (Phi) is 7.46. The van der Waals surface area contributed by atoms with Gasteiger partial charge in [-0.2, -0.15) is 0 Å². The molecule has 0 radical (unpaired) electrons. The highest BCUT2D eigenvalue weighted by atomic mass is 35.5. The molecule has 3 aromatic rings. The number of para-hydroxylation sites is 1. The summed E-state index contributed by atoms with van der Waals surface area (Å²) in [6, 6.07) is 9.13. The fraction of sp³-hybridized carbons (Fsp3) is 0.105. The van der Waals surface area contributed by atoms with Crippen molar-refractivity contribution < 1.29 is 9.72 Å². The number of nitrogens with two attached hydrogens (primary N) is 1. The van der Waals surface area contributed by atoms with Crippen LogP contribution < -0.4 is 11.1 Å². The van der Waals surface area contributed by atoms with Crippen LogP contribution in [0, 0.1) is 24.0 Å². The van der Waals surface area contributed by atoms with Crippen LogP contribution in [0.15, 0.2) is 48.8 Å². The van der Waals surface area contributed by atoms with E-state index in [9.17, 15) is 14.9 Å². The van der Waals surface area contributed by atoms with E-state index in [1.165, 1.54) is 18.2 Å².